The van der Waals surface area contributed by atoms with E-state index in [4.69, 9.17) is 10.5 Å². The number of nitrogens with one attached hydrogen (secondary N) is 1. The zero-order valence-electron chi connectivity index (χ0n) is 13.6. The normalized spacial score (nSPS) is 12.7. The summed E-state index contributed by atoms with van der Waals surface area (Å²) in [4.78, 5) is 8.15. The van der Waals surface area contributed by atoms with Crippen LogP contribution >= 0.6 is 11.3 Å². The van der Waals surface area contributed by atoms with Crippen LogP contribution in [0.2, 0.25) is 0 Å². The topological polar surface area (TPSA) is 73.1 Å². The van der Waals surface area contributed by atoms with Crippen LogP contribution < -0.4 is 15.8 Å². The monoisotopic (exact) mass is 380 g/mol. The van der Waals surface area contributed by atoms with E-state index in [1.54, 1.807) is 12.5 Å². The number of nitrogens with zero attached hydrogens (tertiary/aromatic N) is 2. The van der Waals surface area contributed by atoms with Crippen LogP contribution in [0.3, 0.4) is 0 Å². The van der Waals surface area contributed by atoms with Gasteiger partial charge in [0.1, 0.15) is 11.6 Å². The molecule has 0 radical (unpaired) electrons. The third-order valence-electron chi connectivity index (χ3n) is 3.64. The highest BCUT2D eigenvalue weighted by molar-refractivity contribution is 7.13. The van der Waals surface area contributed by atoms with Crippen LogP contribution in [0.25, 0.3) is 0 Å². The lowest BCUT2D eigenvalue weighted by atomic mass is 10.1. The molecule has 0 fully saturated rings. The van der Waals surface area contributed by atoms with E-state index in [-0.39, 0.29) is 5.82 Å². The maximum atomic E-state index is 12.6. The molecule has 0 saturated heterocycles. The van der Waals surface area contributed by atoms with Crippen molar-refractivity contribution in [1.29, 1.82) is 0 Å². The summed E-state index contributed by atoms with van der Waals surface area (Å²) in [6.45, 7) is 0. The Balaban J connectivity index is 1.71. The smallest absolute Gasteiger partial charge is 0.417 e. The van der Waals surface area contributed by atoms with Crippen molar-refractivity contribution < 1.29 is 17.9 Å². The fourth-order valence-corrected chi connectivity index (χ4v) is 2.97. The van der Waals surface area contributed by atoms with Gasteiger partial charge in [-0.2, -0.15) is 13.2 Å². The van der Waals surface area contributed by atoms with E-state index in [1.165, 1.54) is 17.4 Å². The number of benzene rings is 1. The van der Waals surface area contributed by atoms with Crippen molar-refractivity contribution in [2.24, 2.45) is 5.73 Å². The molecule has 26 heavy (non-hydrogen) atoms. The van der Waals surface area contributed by atoms with E-state index in [2.05, 4.69) is 15.3 Å². The highest BCUT2D eigenvalue weighted by atomic mass is 32.1. The Morgan fingerprint density at radius 1 is 1.15 bits per heavy atom. The minimum atomic E-state index is -4.41. The van der Waals surface area contributed by atoms with E-state index in [0.29, 0.717) is 10.8 Å². The average molecular weight is 380 g/mol. The first-order valence-corrected chi connectivity index (χ1v) is 8.40. The molecular weight excluding hydrogens is 365 g/mol. The number of halogens is 3. The summed E-state index contributed by atoms with van der Waals surface area (Å²) < 4.78 is 42.8. The minimum Gasteiger partial charge on any atom is -0.497 e. The molecule has 1 aromatic carbocycles. The number of hydrogen-bond acceptors (Lipinski definition) is 6. The Morgan fingerprint density at radius 3 is 2.46 bits per heavy atom. The van der Waals surface area contributed by atoms with Gasteiger partial charge in [0.2, 0.25) is 0 Å². The van der Waals surface area contributed by atoms with Gasteiger partial charge in [-0.05, 0) is 29.8 Å². The van der Waals surface area contributed by atoms with Crippen molar-refractivity contribution in [2.75, 3.05) is 12.4 Å². The Morgan fingerprint density at radius 2 is 1.88 bits per heavy atom. The van der Waals surface area contributed by atoms with Crippen molar-refractivity contribution >= 4 is 22.3 Å². The highest BCUT2D eigenvalue weighted by Gasteiger charge is 2.30. The summed E-state index contributed by atoms with van der Waals surface area (Å²) in [7, 11) is 1.59. The second kappa shape index (κ2) is 7.30. The third-order valence-corrected chi connectivity index (χ3v) is 4.42. The summed E-state index contributed by atoms with van der Waals surface area (Å²) >= 11 is 1.30. The molecule has 136 valence electrons. The first-order valence-electron chi connectivity index (χ1n) is 7.52. The number of nitrogens with two attached hydrogens (primary N) is 1. The summed E-state index contributed by atoms with van der Waals surface area (Å²) in [5, 5.41) is 5.17. The zero-order valence-corrected chi connectivity index (χ0v) is 14.4. The maximum Gasteiger partial charge on any atom is 0.417 e. The predicted molar refractivity (Wildman–Crippen MR) is 93.7 cm³/mol. The molecule has 3 rings (SSSR count). The van der Waals surface area contributed by atoms with Gasteiger partial charge < -0.3 is 15.8 Å². The van der Waals surface area contributed by atoms with Crippen molar-refractivity contribution in [3.63, 3.8) is 0 Å². The summed E-state index contributed by atoms with van der Waals surface area (Å²) in [6.07, 6.45) is -3.63. The molecule has 1 unspecified atom stereocenters. The standard InChI is InChI=1S/C17H15F3N4OS/c1-25-12-5-2-10(3-6-12)15(21)13-9-26-16(23-13)24-14-7-4-11(8-22-14)17(18,19)20/h2-9,15H,21H2,1H3,(H,22,23,24). The number of pyridine rings is 1. The Kier molecular flexibility index (Phi) is 5.10. The molecule has 0 bridgehead atoms. The van der Waals surface area contributed by atoms with Gasteiger partial charge in [0.05, 0.1) is 24.4 Å². The summed E-state index contributed by atoms with van der Waals surface area (Å²) in [5.41, 5.74) is 6.93. The molecule has 5 nitrogen and oxygen atoms in total. The predicted octanol–water partition coefficient (Wildman–Crippen LogP) is 4.36. The molecule has 0 saturated carbocycles. The van der Waals surface area contributed by atoms with Gasteiger partial charge >= 0.3 is 6.18 Å². The highest BCUT2D eigenvalue weighted by Crippen LogP contribution is 2.30. The average Bonchev–Trinajstić information content (AvgIpc) is 3.09. The number of rotatable bonds is 5. The number of methoxy groups -OCH3 is 1. The molecule has 0 amide bonds. The first kappa shape index (κ1) is 18.2. The zero-order chi connectivity index (χ0) is 18.7. The minimum absolute atomic E-state index is 0.275. The van der Waals surface area contributed by atoms with Crippen LogP contribution in [0.4, 0.5) is 24.1 Å². The summed E-state index contributed by atoms with van der Waals surface area (Å²) in [6, 6.07) is 9.13. The number of aromatic nitrogens is 2. The molecule has 0 aliphatic rings. The lowest BCUT2D eigenvalue weighted by Crippen LogP contribution is -2.12. The van der Waals surface area contributed by atoms with Gasteiger partial charge in [-0.15, -0.1) is 11.3 Å². The van der Waals surface area contributed by atoms with E-state index < -0.39 is 17.8 Å². The van der Waals surface area contributed by atoms with Gasteiger partial charge in [0.15, 0.2) is 5.13 Å². The van der Waals surface area contributed by atoms with Crippen molar-refractivity contribution in [1.82, 2.24) is 9.97 Å². The van der Waals surface area contributed by atoms with Gasteiger partial charge in [0, 0.05) is 11.6 Å². The van der Waals surface area contributed by atoms with Gasteiger partial charge in [-0.1, -0.05) is 12.1 Å². The Bertz CT molecular complexity index is 863. The number of anilines is 2. The molecule has 2 aromatic heterocycles. The molecule has 3 aromatic rings. The Labute approximate surface area is 151 Å². The molecule has 2 heterocycles. The van der Waals surface area contributed by atoms with Gasteiger partial charge in [0.25, 0.3) is 0 Å². The molecule has 1 atom stereocenters. The second-order valence-electron chi connectivity index (χ2n) is 5.38. The second-order valence-corrected chi connectivity index (χ2v) is 6.24. The molecular formula is C17H15F3N4OS. The number of ether oxygens (including phenoxy) is 1. The quantitative estimate of drug-likeness (QED) is 0.688. The van der Waals surface area contributed by atoms with Crippen molar-refractivity contribution in [3.05, 3.63) is 64.8 Å². The first-order chi connectivity index (χ1) is 12.4. The number of hydrogen-bond donors (Lipinski definition) is 2. The van der Waals surface area contributed by atoms with Gasteiger partial charge in [-0.3, -0.25) is 0 Å². The van der Waals surface area contributed by atoms with Crippen LogP contribution in [0.1, 0.15) is 22.9 Å². The maximum absolute atomic E-state index is 12.6. The number of alkyl halides is 3. The van der Waals surface area contributed by atoms with Crippen molar-refractivity contribution in [2.45, 2.75) is 12.2 Å². The number of thiazole rings is 1. The third kappa shape index (κ3) is 4.12. The Hall–Kier alpha value is -2.65. The fraction of sp³-hybridized carbons (Fsp3) is 0.176. The fourth-order valence-electron chi connectivity index (χ4n) is 2.21. The van der Waals surface area contributed by atoms with E-state index in [9.17, 15) is 13.2 Å². The molecule has 3 N–H and O–H groups in total. The van der Waals surface area contributed by atoms with Crippen LogP contribution in [0, 0.1) is 0 Å². The summed E-state index contributed by atoms with van der Waals surface area (Å²) in [5.74, 6) is 1.01. The van der Waals surface area contributed by atoms with Crippen LogP contribution in [-0.2, 0) is 6.18 Å². The van der Waals surface area contributed by atoms with Gasteiger partial charge in [-0.25, -0.2) is 9.97 Å². The van der Waals surface area contributed by atoms with Crippen molar-refractivity contribution in [3.8, 4) is 5.75 Å². The SMILES string of the molecule is COc1ccc(C(N)c2csc(Nc3ccc(C(F)(F)F)cn3)n2)cc1. The lowest BCUT2D eigenvalue weighted by Gasteiger charge is -2.10. The molecule has 0 aliphatic carbocycles. The lowest BCUT2D eigenvalue weighted by molar-refractivity contribution is -0.137. The van der Waals surface area contributed by atoms with E-state index >= 15 is 0 Å². The van der Waals surface area contributed by atoms with Crippen LogP contribution in [0.15, 0.2) is 48.0 Å². The molecule has 9 heteroatoms. The van der Waals surface area contributed by atoms with Crippen LogP contribution in [-0.4, -0.2) is 17.1 Å². The van der Waals surface area contributed by atoms with E-state index in [1.807, 2.05) is 24.3 Å². The van der Waals surface area contributed by atoms with E-state index in [0.717, 1.165) is 23.6 Å². The largest absolute Gasteiger partial charge is 0.497 e. The molecule has 0 aliphatic heterocycles. The van der Waals surface area contributed by atoms with Crippen LogP contribution in [0.5, 0.6) is 5.75 Å². The molecule has 0 spiro atoms.